The highest BCUT2D eigenvalue weighted by Gasteiger charge is 2.10. The van der Waals surface area contributed by atoms with Gasteiger partial charge in [0.15, 0.2) is 0 Å². The first kappa shape index (κ1) is 16.4. The topological polar surface area (TPSA) is 59.8 Å². The lowest BCUT2D eigenvalue weighted by Gasteiger charge is -2.04. The molecule has 1 N–H and O–H groups in total. The molecule has 124 valence electrons. The number of nitrogens with zero attached hydrogens (tertiary/aromatic N) is 3. The van der Waals surface area contributed by atoms with Crippen molar-refractivity contribution >= 4 is 17.2 Å². The zero-order valence-corrected chi connectivity index (χ0v) is 14.6. The quantitative estimate of drug-likeness (QED) is 0.750. The van der Waals surface area contributed by atoms with E-state index < -0.39 is 0 Å². The summed E-state index contributed by atoms with van der Waals surface area (Å²) in [6, 6.07) is 12.1. The highest BCUT2D eigenvalue weighted by atomic mass is 32.1. The summed E-state index contributed by atoms with van der Waals surface area (Å²) >= 11 is 1.69. The Morgan fingerprint density at radius 3 is 2.71 bits per heavy atom. The standard InChI is InChI=1S/C18H20N4OS/c1-13-9-11-22(21-13)12-16(23)19-10-8-17-20-18(14(2)24-17)15-6-4-3-5-7-15/h3-7,9,11H,8,10,12H2,1-2H3,(H,19,23). The average molecular weight is 340 g/mol. The molecule has 0 spiro atoms. The van der Waals surface area contributed by atoms with Gasteiger partial charge in [0.1, 0.15) is 6.54 Å². The number of amides is 1. The van der Waals surface area contributed by atoms with E-state index in [4.69, 9.17) is 4.98 Å². The SMILES string of the molecule is Cc1ccn(CC(=O)NCCc2nc(-c3ccccc3)c(C)s2)n1. The van der Waals surface area contributed by atoms with E-state index in [-0.39, 0.29) is 12.5 Å². The average Bonchev–Trinajstić information content (AvgIpc) is 3.14. The Hall–Kier alpha value is -2.47. The summed E-state index contributed by atoms with van der Waals surface area (Å²) in [5.74, 6) is -0.0327. The highest BCUT2D eigenvalue weighted by molar-refractivity contribution is 7.12. The summed E-state index contributed by atoms with van der Waals surface area (Å²) in [7, 11) is 0. The molecule has 1 aromatic carbocycles. The Balaban J connectivity index is 1.53. The summed E-state index contributed by atoms with van der Waals surface area (Å²) in [5.41, 5.74) is 3.08. The number of rotatable bonds is 6. The minimum Gasteiger partial charge on any atom is -0.354 e. The van der Waals surface area contributed by atoms with Crippen LogP contribution in [0.1, 0.15) is 15.6 Å². The van der Waals surface area contributed by atoms with Crippen molar-refractivity contribution < 1.29 is 4.79 Å². The lowest BCUT2D eigenvalue weighted by atomic mass is 10.1. The van der Waals surface area contributed by atoms with Crippen molar-refractivity contribution in [2.75, 3.05) is 6.54 Å². The van der Waals surface area contributed by atoms with Gasteiger partial charge in [-0.25, -0.2) is 4.98 Å². The third-order valence-corrected chi connectivity index (χ3v) is 4.66. The van der Waals surface area contributed by atoms with Crippen LogP contribution in [0.5, 0.6) is 0 Å². The zero-order valence-electron chi connectivity index (χ0n) is 13.8. The first-order valence-corrected chi connectivity index (χ1v) is 8.72. The number of thiazole rings is 1. The van der Waals surface area contributed by atoms with Crippen molar-refractivity contribution in [2.24, 2.45) is 0 Å². The lowest BCUT2D eigenvalue weighted by molar-refractivity contribution is -0.121. The normalized spacial score (nSPS) is 10.8. The van der Waals surface area contributed by atoms with Crippen molar-refractivity contribution in [3.05, 3.63) is 58.2 Å². The molecule has 1 amide bonds. The van der Waals surface area contributed by atoms with Gasteiger partial charge in [-0.3, -0.25) is 9.48 Å². The number of nitrogens with one attached hydrogen (secondary N) is 1. The highest BCUT2D eigenvalue weighted by Crippen LogP contribution is 2.27. The van der Waals surface area contributed by atoms with E-state index in [0.29, 0.717) is 6.54 Å². The van der Waals surface area contributed by atoms with Crippen LogP contribution in [0.2, 0.25) is 0 Å². The van der Waals surface area contributed by atoms with Crippen LogP contribution in [-0.4, -0.2) is 27.2 Å². The van der Waals surface area contributed by atoms with Crippen LogP contribution in [0.4, 0.5) is 0 Å². The van der Waals surface area contributed by atoms with Gasteiger partial charge in [-0.1, -0.05) is 30.3 Å². The van der Waals surface area contributed by atoms with Crippen molar-refractivity contribution in [3.8, 4) is 11.3 Å². The Kier molecular flexibility index (Phi) is 5.05. The monoisotopic (exact) mass is 340 g/mol. The largest absolute Gasteiger partial charge is 0.354 e. The molecular formula is C18H20N4OS. The van der Waals surface area contributed by atoms with Gasteiger partial charge in [-0.05, 0) is 19.9 Å². The maximum Gasteiger partial charge on any atom is 0.241 e. The molecule has 0 bridgehead atoms. The molecule has 0 unspecified atom stereocenters. The fraction of sp³-hybridized carbons (Fsp3) is 0.278. The minimum atomic E-state index is -0.0327. The Labute approximate surface area is 145 Å². The molecule has 0 aliphatic heterocycles. The maximum atomic E-state index is 11.9. The molecule has 0 saturated carbocycles. The minimum absolute atomic E-state index is 0.0327. The number of aromatic nitrogens is 3. The molecule has 0 aliphatic carbocycles. The molecule has 24 heavy (non-hydrogen) atoms. The van der Waals surface area contributed by atoms with E-state index in [9.17, 15) is 4.79 Å². The number of hydrogen-bond acceptors (Lipinski definition) is 4. The Morgan fingerprint density at radius 1 is 1.21 bits per heavy atom. The number of hydrogen-bond donors (Lipinski definition) is 1. The van der Waals surface area contributed by atoms with Gasteiger partial charge in [0, 0.05) is 29.6 Å². The molecule has 0 atom stereocenters. The summed E-state index contributed by atoms with van der Waals surface area (Å²) in [5, 5.41) is 8.18. The molecule has 0 aliphatic rings. The first-order chi connectivity index (χ1) is 11.6. The zero-order chi connectivity index (χ0) is 16.9. The predicted molar refractivity (Wildman–Crippen MR) is 96.0 cm³/mol. The molecule has 2 heterocycles. The number of benzene rings is 1. The number of carbonyl (C=O) groups excluding carboxylic acids is 1. The van der Waals surface area contributed by atoms with Crippen LogP contribution < -0.4 is 5.32 Å². The molecule has 3 rings (SSSR count). The fourth-order valence-electron chi connectivity index (χ4n) is 2.49. The molecule has 2 aromatic heterocycles. The van der Waals surface area contributed by atoms with Gasteiger partial charge in [0.05, 0.1) is 16.4 Å². The summed E-state index contributed by atoms with van der Waals surface area (Å²) in [6.07, 6.45) is 2.55. The second kappa shape index (κ2) is 7.40. The van der Waals surface area contributed by atoms with E-state index in [1.807, 2.05) is 37.4 Å². The van der Waals surface area contributed by atoms with Gasteiger partial charge in [-0.15, -0.1) is 11.3 Å². The lowest BCUT2D eigenvalue weighted by Crippen LogP contribution is -2.29. The molecular weight excluding hydrogens is 320 g/mol. The maximum absolute atomic E-state index is 11.9. The summed E-state index contributed by atoms with van der Waals surface area (Å²) in [4.78, 5) is 17.8. The summed E-state index contributed by atoms with van der Waals surface area (Å²) < 4.78 is 1.64. The van der Waals surface area contributed by atoms with E-state index in [1.54, 1.807) is 16.0 Å². The van der Waals surface area contributed by atoms with E-state index in [0.717, 1.165) is 28.4 Å². The van der Waals surface area contributed by atoms with Crippen LogP contribution in [0.15, 0.2) is 42.6 Å². The van der Waals surface area contributed by atoms with Gasteiger partial charge < -0.3 is 5.32 Å². The van der Waals surface area contributed by atoms with Crippen molar-refractivity contribution in [1.82, 2.24) is 20.1 Å². The van der Waals surface area contributed by atoms with Crippen molar-refractivity contribution in [1.29, 1.82) is 0 Å². The molecule has 0 saturated heterocycles. The third-order valence-electron chi connectivity index (χ3n) is 3.63. The van der Waals surface area contributed by atoms with Gasteiger partial charge >= 0.3 is 0 Å². The molecule has 5 nitrogen and oxygen atoms in total. The Bertz CT molecular complexity index is 823. The first-order valence-electron chi connectivity index (χ1n) is 7.90. The van der Waals surface area contributed by atoms with E-state index in [1.165, 1.54) is 4.88 Å². The van der Waals surface area contributed by atoms with Crippen molar-refractivity contribution in [2.45, 2.75) is 26.8 Å². The predicted octanol–water partition coefficient (Wildman–Crippen LogP) is 2.98. The van der Waals surface area contributed by atoms with Gasteiger partial charge in [0.25, 0.3) is 0 Å². The molecule has 0 fully saturated rings. The van der Waals surface area contributed by atoms with Crippen LogP contribution in [0, 0.1) is 13.8 Å². The van der Waals surface area contributed by atoms with Gasteiger partial charge in [-0.2, -0.15) is 5.10 Å². The second-order valence-corrected chi connectivity index (χ2v) is 6.92. The van der Waals surface area contributed by atoms with E-state index in [2.05, 4.69) is 29.5 Å². The number of carbonyl (C=O) groups is 1. The van der Waals surface area contributed by atoms with Crippen LogP contribution in [0.25, 0.3) is 11.3 Å². The number of aryl methyl sites for hydroxylation is 2. The molecule has 0 radical (unpaired) electrons. The smallest absolute Gasteiger partial charge is 0.241 e. The molecule has 6 heteroatoms. The van der Waals surface area contributed by atoms with Crippen LogP contribution >= 0.6 is 11.3 Å². The van der Waals surface area contributed by atoms with Gasteiger partial charge in [0.2, 0.25) is 5.91 Å². The second-order valence-electron chi connectivity index (χ2n) is 5.63. The fourth-order valence-corrected chi connectivity index (χ4v) is 3.44. The Morgan fingerprint density at radius 2 is 2.00 bits per heavy atom. The molecule has 3 aromatic rings. The van der Waals surface area contributed by atoms with E-state index >= 15 is 0 Å². The summed E-state index contributed by atoms with van der Waals surface area (Å²) in [6.45, 7) is 4.83. The van der Waals surface area contributed by atoms with Crippen molar-refractivity contribution in [3.63, 3.8) is 0 Å². The van der Waals surface area contributed by atoms with Crippen LogP contribution in [-0.2, 0) is 17.8 Å². The third kappa shape index (κ3) is 4.08. The van der Waals surface area contributed by atoms with Crippen LogP contribution in [0.3, 0.4) is 0 Å².